The molecule has 3 nitrogen and oxygen atoms in total. The summed E-state index contributed by atoms with van der Waals surface area (Å²) >= 11 is 0. The summed E-state index contributed by atoms with van der Waals surface area (Å²) in [7, 11) is 0. The molecule has 0 aliphatic carbocycles. The van der Waals surface area contributed by atoms with Crippen molar-refractivity contribution in [3.8, 4) is 23.0 Å². The minimum Gasteiger partial charge on any atom is -0.458 e. The monoisotopic (exact) mass is 537 g/mol. The van der Waals surface area contributed by atoms with Crippen molar-refractivity contribution in [2.45, 2.75) is 0 Å². The van der Waals surface area contributed by atoms with Gasteiger partial charge in [-0.05, 0) is 69.5 Å². The Morgan fingerprint density at radius 3 is 1.67 bits per heavy atom. The lowest BCUT2D eigenvalue weighted by Gasteiger charge is -2.35. The average molecular weight is 537 g/mol. The van der Waals surface area contributed by atoms with Gasteiger partial charge in [-0.2, -0.15) is 0 Å². The van der Waals surface area contributed by atoms with Gasteiger partial charge in [-0.25, -0.2) is 0 Å². The Balaban J connectivity index is 1.38. The zero-order chi connectivity index (χ0) is 27.6. The average Bonchev–Trinajstić information content (AvgIpc) is 3.05. The molecule has 0 bridgehead atoms. The van der Waals surface area contributed by atoms with Crippen LogP contribution in [0.2, 0.25) is 0 Å². The first-order chi connectivity index (χ1) is 20.8. The van der Waals surface area contributed by atoms with Crippen LogP contribution in [0.15, 0.2) is 146 Å². The fourth-order valence-corrected chi connectivity index (χ4v) is 6.82. The topological polar surface area (TPSA) is 21.7 Å². The molecule has 0 amide bonds. The Bertz CT molecular complexity index is 2120. The van der Waals surface area contributed by atoms with E-state index < -0.39 is 0 Å². The summed E-state index contributed by atoms with van der Waals surface area (Å²) in [5.41, 5.74) is 6.72. The second kappa shape index (κ2) is 9.02. The second-order valence-electron chi connectivity index (χ2n) is 10.9. The summed E-state index contributed by atoms with van der Waals surface area (Å²) in [6.07, 6.45) is 0. The van der Waals surface area contributed by atoms with Gasteiger partial charge in [0.1, 0.15) is 23.0 Å². The highest BCUT2D eigenvalue weighted by molar-refractivity contribution is 7.00. The van der Waals surface area contributed by atoms with Crippen LogP contribution in [0.25, 0.3) is 21.5 Å². The van der Waals surface area contributed by atoms with E-state index in [4.69, 9.17) is 9.47 Å². The third-order valence-corrected chi connectivity index (χ3v) is 8.56. The van der Waals surface area contributed by atoms with E-state index in [2.05, 4.69) is 144 Å². The molecule has 7 aromatic carbocycles. The maximum atomic E-state index is 6.82. The summed E-state index contributed by atoms with van der Waals surface area (Å²) in [6, 6.07) is 51.1. The standard InChI is InChI=1S/C38H24BNO2/c1-3-13-26(14-4-1)40(27-15-5-2-6-16-27)31-24-35-37(30-19-10-9-18-29(30)31)39-36-28-17-8-7-12-25(28)22-23-34(36)41-32-20-11-21-33(42-35)38(32)39/h1-24H. The highest BCUT2D eigenvalue weighted by Crippen LogP contribution is 2.44. The number of nitrogens with zero attached hydrogens (tertiary/aromatic N) is 1. The Morgan fingerprint density at radius 1 is 0.405 bits per heavy atom. The van der Waals surface area contributed by atoms with E-state index in [9.17, 15) is 0 Å². The summed E-state index contributed by atoms with van der Waals surface area (Å²) < 4.78 is 13.4. The van der Waals surface area contributed by atoms with E-state index in [-0.39, 0.29) is 6.71 Å². The number of hydrogen-bond acceptors (Lipinski definition) is 3. The van der Waals surface area contributed by atoms with E-state index in [1.54, 1.807) is 0 Å². The van der Waals surface area contributed by atoms with Gasteiger partial charge < -0.3 is 14.4 Å². The van der Waals surface area contributed by atoms with Gasteiger partial charge in [0.25, 0.3) is 6.71 Å². The number of hydrogen-bond donors (Lipinski definition) is 0. The number of benzene rings is 7. The van der Waals surface area contributed by atoms with E-state index in [0.29, 0.717) is 0 Å². The first-order valence-electron chi connectivity index (χ1n) is 14.3. The molecular weight excluding hydrogens is 513 g/mol. The van der Waals surface area contributed by atoms with E-state index in [1.165, 1.54) is 32.5 Å². The van der Waals surface area contributed by atoms with Crippen LogP contribution in [0.5, 0.6) is 23.0 Å². The van der Waals surface area contributed by atoms with Crippen molar-refractivity contribution < 1.29 is 9.47 Å². The minimum absolute atomic E-state index is 0.0318. The lowest BCUT2D eigenvalue weighted by Crippen LogP contribution is -2.57. The van der Waals surface area contributed by atoms with E-state index >= 15 is 0 Å². The molecule has 0 atom stereocenters. The summed E-state index contributed by atoms with van der Waals surface area (Å²) in [6.45, 7) is -0.0318. The molecule has 0 radical (unpaired) electrons. The van der Waals surface area contributed by atoms with Crippen molar-refractivity contribution >= 4 is 61.7 Å². The minimum atomic E-state index is -0.0318. The molecule has 0 unspecified atom stereocenters. The third kappa shape index (κ3) is 3.36. The number of rotatable bonds is 3. The number of ether oxygens (including phenoxy) is 2. The molecule has 4 heteroatoms. The van der Waals surface area contributed by atoms with Crippen LogP contribution in [0, 0.1) is 0 Å². The predicted octanol–water partition coefficient (Wildman–Crippen LogP) is 8.19. The van der Waals surface area contributed by atoms with Crippen molar-refractivity contribution in [2.24, 2.45) is 0 Å². The van der Waals surface area contributed by atoms with E-state index in [1.807, 2.05) is 6.07 Å². The number of para-hydroxylation sites is 2. The highest BCUT2D eigenvalue weighted by Gasteiger charge is 2.42. The summed E-state index contributed by atoms with van der Waals surface area (Å²) in [5.74, 6) is 3.47. The molecule has 196 valence electrons. The zero-order valence-corrected chi connectivity index (χ0v) is 22.7. The predicted molar refractivity (Wildman–Crippen MR) is 174 cm³/mol. The molecule has 2 aliphatic rings. The van der Waals surface area contributed by atoms with Gasteiger partial charge in [0.05, 0.1) is 5.69 Å². The molecule has 0 aromatic heterocycles. The smallest absolute Gasteiger partial charge is 0.262 e. The van der Waals surface area contributed by atoms with E-state index in [0.717, 1.165) is 45.5 Å². The van der Waals surface area contributed by atoms with Crippen molar-refractivity contribution in [1.82, 2.24) is 0 Å². The summed E-state index contributed by atoms with van der Waals surface area (Å²) in [4.78, 5) is 2.32. The van der Waals surface area contributed by atoms with Crippen LogP contribution in [-0.4, -0.2) is 6.71 Å². The van der Waals surface area contributed by atoms with Gasteiger partial charge in [-0.15, -0.1) is 0 Å². The molecule has 0 saturated heterocycles. The highest BCUT2D eigenvalue weighted by atomic mass is 16.5. The first kappa shape index (κ1) is 23.3. The summed E-state index contributed by atoms with van der Waals surface area (Å²) in [5, 5.41) is 4.75. The van der Waals surface area contributed by atoms with Crippen LogP contribution in [0.4, 0.5) is 17.1 Å². The molecule has 0 N–H and O–H groups in total. The molecule has 0 saturated carbocycles. The van der Waals surface area contributed by atoms with Crippen molar-refractivity contribution in [3.63, 3.8) is 0 Å². The van der Waals surface area contributed by atoms with Crippen molar-refractivity contribution in [1.29, 1.82) is 0 Å². The molecule has 2 heterocycles. The Labute approximate surface area is 244 Å². The van der Waals surface area contributed by atoms with Gasteiger partial charge in [0, 0.05) is 28.3 Å². The molecule has 42 heavy (non-hydrogen) atoms. The molecular formula is C38H24BNO2. The Morgan fingerprint density at radius 2 is 0.952 bits per heavy atom. The Hall–Kier alpha value is -5.48. The van der Waals surface area contributed by atoms with Crippen LogP contribution in [-0.2, 0) is 0 Å². The Kier molecular flexibility index (Phi) is 4.99. The van der Waals surface area contributed by atoms with Crippen molar-refractivity contribution in [2.75, 3.05) is 4.90 Å². The molecule has 0 spiro atoms. The molecule has 9 rings (SSSR count). The zero-order valence-electron chi connectivity index (χ0n) is 22.7. The van der Waals surface area contributed by atoms with Gasteiger partial charge in [0.2, 0.25) is 0 Å². The van der Waals surface area contributed by atoms with Crippen LogP contribution >= 0.6 is 0 Å². The molecule has 2 aliphatic heterocycles. The van der Waals surface area contributed by atoms with Gasteiger partial charge >= 0.3 is 0 Å². The van der Waals surface area contributed by atoms with Gasteiger partial charge in [-0.3, -0.25) is 0 Å². The fourth-order valence-electron chi connectivity index (χ4n) is 6.82. The lowest BCUT2D eigenvalue weighted by molar-refractivity contribution is 0.465. The van der Waals surface area contributed by atoms with Crippen LogP contribution < -0.4 is 30.8 Å². The van der Waals surface area contributed by atoms with Gasteiger partial charge in [-0.1, -0.05) is 97.1 Å². The fraction of sp³-hybridized carbons (Fsp3) is 0. The van der Waals surface area contributed by atoms with Crippen LogP contribution in [0.3, 0.4) is 0 Å². The third-order valence-electron chi connectivity index (χ3n) is 8.56. The maximum absolute atomic E-state index is 6.82. The quantitative estimate of drug-likeness (QED) is 0.212. The lowest BCUT2D eigenvalue weighted by atomic mass is 9.33. The number of anilines is 3. The largest absolute Gasteiger partial charge is 0.458 e. The maximum Gasteiger partial charge on any atom is 0.262 e. The van der Waals surface area contributed by atoms with Gasteiger partial charge in [0.15, 0.2) is 0 Å². The van der Waals surface area contributed by atoms with Crippen molar-refractivity contribution in [3.05, 3.63) is 146 Å². The second-order valence-corrected chi connectivity index (χ2v) is 10.9. The number of fused-ring (bicyclic) bond motifs is 8. The molecule has 7 aromatic rings. The van der Waals surface area contributed by atoms with Crippen LogP contribution in [0.1, 0.15) is 0 Å². The normalized spacial score (nSPS) is 12.6. The first-order valence-corrected chi connectivity index (χ1v) is 14.3. The SMILES string of the molecule is c1ccc(N(c2ccccc2)c2cc3c(c4ccccc24)B2c4c(cccc4O3)Oc3ccc4ccccc4c32)cc1. The molecule has 0 fully saturated rings.